The lowest BCUT2D eigenvalue weighted by Gasteiger charge is -2.21. The number of phosphoric acid groups is 2. The van der Waals surface area contributed by atoms with Crippen LogP contribution < -0.4 is 0 Å². The first-order valence-corrected chi connectivity index (χ1v) is 46.1. The third-order valence-corrected chi connectivity index (χ3v) is 21.4. The van der Waals surface area contributed by atoms with Crippen molar-refractivity contribution in [1.29, 1.82) is 0 Å². The summed E-state index contributed by atoms with van der Waals surface area (Å²) < 4.78 is 68.8. The summed E-state index contributed by atoms with van der Waals surface area (Å²) in [6.07, 6.45) is 68.0. The Balaban J connectivity index is 5.23. The zero-order chi connectivity index (χ0) is 74.8. The molecule has 0 rings (SSSR count). The van der Waals surface area contributed by atoms with Crippen molar-refractivity contribution in [3.8, 4) is 0 Å². The molecule has 3 N–H and O–H groups in total. The molecular formula is C83H162O17P2. The van der Waals surface area contributed by atoms with Gasteiger partial charge in [0.25, 0.3) is 0 Å². The average molecular weight is 1490 g/mol. The second-order valence-electron chi connectivity index (χ2n) is 30.3. The van der Waals surface area contributed by atoms with Crippen LogP contribution in [0.3, 0.4) is 0 Å². The van der Waals surface area contributed by atoms with Crippen LogP contribution in [-0.4, -0.2) is 96.7 Å². The number of aliphatic hydroxyl groups excluding tert-OH is 1. The molecule has 0 aliphatic heterocycles. The van der Waals surface area contributed by atoms with Crippen molar-refractivity contribution in [2.45, 2.75) is 464 Å². The SMILES string of the molecule is CCCCCCCCCCCCCCCCCCCCCCC(=O)O[C@H](COC(=O)CCCCCCCCCCCCCCCCCCCC)COP(=O)(O)OC[C@@H](O)COP(=O)(O)OC[C@@H](COC(=O)CCCCCCCCCCCCCC)OC(=O)CCCCCCCCCCCC(C)C. The van der Waals surface area contributed by atoms with Crippen molar-refractivity contribution < 1.29 is 80.2 Å². The highest BCUT2D eigenvalue weighted by Gasteiger charge is 2.30. The Hall–Kier alpha value is -1.94. The van der Waals surface area contributed by atoms with Gasteiger partial charge in [-0.3, -0.25) is 37.3 Å². The van der Waals surface area contributed by atoms with Crippen LogP contribution in [-0.2, 0) is 65.4 Å². The van der Waals surface area contributed by atoms with Crippen molar-refractivity contribution in [3.63, 3.8) is 0 Å². The van der Waals surface area contributed by atoms with Crippen molar-refractivity contribution in [3.05, 3.63) is 0 Å². The minimum atomic E-state index is -4.96. The molecule has 0 saturated carbocycles. The van der Waals surface area contributed by atoms with Crippen LogP contribution in [0.1, 0.15) is 446 Å². The minimum absolute atomic E-state index is 0.106. The Morgan fingerprint density at radius 1 is 0.265 bits per heavy atom. The monoisotopic (exact) mass is 1490 g/mol. The van der Waals surface area contributed by atoms with E-state index in [4.69, 9.17) is 37.0 Å². The average Bonchev–Trinajstić information content (AvgIpc) is 0.928. The normalized spacial score (nSPS) is 13.8. The Labute approximate surface area is 626 Å². The molecule has 0 aromatic carbocycles. The molecule has 0 aliphatic rings. The van der Waals surface area contributed by atoms with Gasteiger partial charge in [-0.1, -0.05) is 394 Å². The molecule has 102 heavy (non-hydrogen) atoms. The number of hydrogen-bond donors (Lipinski definition) is 3. The Kier molecular flexibility index (Phi) is 74.4. The van der Waals surface area contributed by atoms with Crippen molar-refractivity contribution in [1.82, 2.24) is 0 Å². The number of phosphoric ester groups is 2. The first-order chi connectivity index (χ1) is 49.5. The van der Waals surface area contributed by atoms with Gasteiger partial charge < -0.3 is 33.8 Å². The van der Waals surface area contributed by atoms with Gasteiger partial charge in [-0.25, -0.2) is 9.13 Å². The van der Waals surface area contributed by atoms with E-state index in [1.165, 1.54) is 270 Å². The zero-order valence-corrected chi connectivity index (χ0v) is 68.5. The van der Waals surface area contributed by atoms with Gasteiger partial charge >= 0.3 is 39.5 Å². The van der Waals surface area contributed by atoms with Crippen LogP contribution in [0.2, 0.25) is 0 Å². The van der Waals surface area contributed by atoms with E-state index in [0.717, 1.165) is 95.8 Å². The number of unbranched alkanes of at least 4 members (excludes halogenated alkanes) is 55. The second kappa shape index (κ2) is 75.9. The molecule has 5 atom stereocenters. The molecule has 2 unspecified atom stereocenters. The first-order valence-electron chi connectivity index (χ1n) is 43.1. The third-order valence-electron chi connectivity index (χ3n) is 19.5. The highest BCUT2D eigenvalue weighted by atomic mass is 31.2. The van der Waals surface area contributed by atoms with Crippen molar-refractivity contribution in [2.24, 2.45) is 5.92 Å². The fourth-order valence-corrected chi connectivity index (χ4v) is 14.5. The standard InChI is InChI=1S/C83H162O17P2/c1-6-9-12-15-18-21-24-27-29-31-33-34-36-38-40-43-48-53-58-63-68-82(87)99-78(72-94-81(86)67-62-57-52-47-42-39-37-35-32-30-28-25-22-19-16-13-10-7-2)74-97-101(89,90)95-70-77(84)71-96-102(91,92)98-75-79(100-83(88)69-64-59-54-49-44-45-50-55-60-65-76(4)5)73-93-80(85)66-61-56-51-46-41-26-23-20-17-14-11-8-3/h76-79,84H,6-75H2,1-5H3,(H,89,90)(H,91,92)/t77-,78-,79-/m1/s1. The van der Waals surface area contributed by atoms with Gasteiger partial charge in [0.05, 0.1) is 26.4 Å². The maximum Gasteiger partial charge on any atom is 0.472 e. The molecule has 0 radical (unpaired) electrons. The van der Waals surface area contributed by atoms with E-state index in [0.29, 0.717) is 25.7 Å². The summed E-state index contributed by atoms with van der Waals surface area (Å²) in [6, 6.07) is 0. The number of rotatable bonds is 83. The maximum atomic E-state index is 13.1. The van der Waals surface area contributed by atoms with Gasteiger partial charge in [-0.15, -0.1) is 0 Å². The number of carbonyl (C=O) groups is 4. The van der Waals surface area contributed by atoms with Gasteiger partial charge in [0.2, 0.25) is 0 Å². The summed E-state index contributed by atoms with van der Waals surface area (Å²) in [5, 5.41) is 10.7. The Morgan fingerprint density at radius 3 is 0.667 bits per heavy atom. The highest BCUT2D eigenvalue weighted by molar-refractivity contribution is 7.47. The van der Waals surface area contributed by atoms with Crippen LogP contribution in [0.5, 0.6) is 0 Å². The highest BCUT2D eigenvalue weighted by Crippen LogP contribution is 2.45. The van der Waals surface area contributed by atoms with Gasteiger partial charge in [-0.2, -0.15) is 0 Å². The predicted molar refractivity (Wildman–Crippen MR) is 418 cm³/mol. The maximum absolute atomic E-state index is 13.1. The summed E-state index contributed by atoms with van der Waals surface area (Å²) in [4.78, 5) is 73.1. The van der Waals surface area contributed by atoms with Gasteiger partial charge in [0, 0.05) is 25.7 Å². The Bertz CT molecular complexity index is 1940. The van der Waals surface area contributed by atoms with E-state index < -0.39 is 97.5 Å². The summed E-state index contributed by atoms with van der Waals surface area (Å²) in [5.74, 6) is -1.37. The lowest BCUT2D eigenvalue weighted by Crippen LogP contribution is -2.30. The summed E-state index contributed by atoms with van der Waals surface area (Å²) in [5.41, 5.74) is 0. The van der Waals surface area contributed by atoms with E-state index in [-0.39, 0.29) is 25.7 Å². The molecule has 0 spiro atoms. The van der Waals surface area contributed by atoms with Crippen molar-refractivity contribution in [2.75, 3.05) is 39.6 Å². The largest absolute Gasteiger partial charge is 0.472 e. The zero-order valence-electron chi connectivity index (χ0n) is 66.8. The number of esters is 4. The lowest BCUT2D eigenvalue weighted by atomic mass is 10.0. The molecule has 0 aliphatic carbocycles. The molecule has 606 valence electrons. The summed E-state index contributed by atoms with van der Waals surface area (Å²) in [7, 11) is -9.92. The predicted octanol–water partition coefficient (Wildman–Crippen LogP) is 25.2. The van der Waals surface area contributed by atoms with E-state index >= 15 is 0 Å². The van der Waals surface area contributed by atoms with Crippen LogP contribution >= 0.6 is 15.6 Å². The smallest absolute Gasteiger partial charge is 0.462 e. The lowest BCUT2D eigenvalue weighted by molar-refractivity contribution is -0.161. The number of carbonyl (C=O) groups excluding carboxylic acids is 4. The third kappa shape index (κ3) is 76.3. The number of ether oxygens (including phenoxy) is 4. The quantitative estimate of drug-likeness (QED) is 0.0222. The molecule has 0 aromatic rings. The number of aliphatic hydroxyl groups is 1. The van der Waals surface area contributed by atoms with Crippen LogP contribution in [0, 0.1) is 5.92 Å². The second-order valence-corrected chi connectivity index (χ2v) is 33.3. The van der Waals surface area contributed by atoms with Gasteiger partial charge in [0.1, 0.15) is 19.3 Å². The molecule has 0 amide bonds. The van der Waals surface area contributed by atoms with E-state index in [1.807, 2.05) is 0 Å². The molecule has 0 bridgehead atoms. The fourth-order valence-electron chi connectivity index (χ4n) is 12.9. The minimum Gasteiger partial charge on any atom is -0.462 e. The fraction of sp³-hybridized carbons (Fsp3) is 0.952. The van der Waals surface area contributed by atoms with E-state index in [1.54, 1.807) is 0 Å². The van der Waals surface area contributed by atoms with Crippen LogP contribution in [0.4, 0.5) is 0 Å². The number of hydrogen-bond acceptors (Lipinski definition) is 15. The van der Waals surface area contributed by atoms with Crippen LogP contribution in [0.15, 0.2) is 0 Å². The molecule has 0 fully saturated rings. The van der Waals surface area contributed by atoms with Gasteiger partial charge in [-0.05, 0) is 31.6 Å². The Morgan fingerprint density at radius 2 is 0.451 bits per heavy atom. The summed E-state index contributed by atoms with van der Waals surface area (Å²) in [6.45, 7) is 7.32. The van der Waals surface area contributed by atoms with Crippen LogP contribution in [0.25, 0.3) is 0 Å². The molecule has 0 saturated heterocycles. The summed E-state index contributed by atoms with van der Waals surface area (Å²) >= 11 is 0. The first kappa shape index (κ1) is 100. The molecule has 19 heteroatoms. The van der Waals surface area contributed by atoms with Crippen molar-refractivity contribution >= 4 is 39.5 Å². The van der Waals surface area contributed by atoms with E-state index in [2.05, 4.69) is 34.6 Å². The molecular weight excluding hydrogens is 1330 g/mol. The molecule has 0 heterocycles. The van der Waals surface area contributed by atoms with E-state index in [9.17, 15) is 43.2 Å². The topological polar surface area (TPSA) is 237 Å². The molecule has 0 aromatic heterocycles. The molecule has 17 nitrogen and oxygen atoms in total. The van der Waals surface area contributed by atoms with Gasteiger partial charge in [0.15, 0.2) is 12.2 Å².